The van der Waals surface area contributed by atoms with Gasteiger partial charge in [-0.1, -0.05) is 50.3 Å². The first-order valence-electron chi connectivity index (χ1n) is 9.58. The highest BCUT2D eigenvalue weighted by atomic mass is 16.5. The molecule has 0 unspecified atom stereocenters. The highest BCUT2D eigenvalue weighted by Gasteiger charge is 2.32. The Bertz CT molecular complexity index is 734. The Morgan fingerprint density at radius 1 is 1.08 bits per heavy atom. The lowest BCUT2D eigenvalue weighted by Gasteiger charge is -2.39. The predicted molar refractivity (Wildman–Crippen MR) is 98.5 cm³/mol. The largest absolute Gasteiger partial charge is 0.471 e. The van der Waals surface area contributed by atoms with Crippen molar-refractivity contribution < 1.29 is 9.53 Å². The first-order valence-corrected chi connectivity index (χ1v) is 9.58. The van der Waals surface area contributed by atoms with Crippen molar-refractivity contribution in [2.45, 2.75) is 51.0 Å². The molecule has 0 bridgehead atoms. The number of ether oxygens (including phenoxy) is 1. The number of rotatable bonds is 5. The standard InChI is InChI=1S/C21H26N2O2/c24-21(13-10-16-6-2-1-3-7-16)23-14-18(15-23)25-20-12-11-17-8-4-5-9-19(17)22-20/h4-5,8-9,11-12,16,18H,1-3,6-7,10,13-15H2. The number of amides is 1. The molecule has 2 aliphatic rings. The van der Waals surface area contributed by atoms with E-state index in [0.29, 0.717) is 25.4 Å². The molecule has 1 saturated carbocycles. The van der Waals surface area contributed by atoms with Crippen molar-refractivity contribution in [3.8, 4) is 5.88 Å². The topological polar surface area (TPSA) is 42.4 Å². The summed E-state index contributed by atoms with van der Waals surface area (Å²) in [7, 11) is 0. The normalized spacial score (nSPS) is 19.0. The number of pyridine rings is 1. The van der Waals surface area contributed by atoms with Crippen molar-refractivity contribution in [2.24, 2.45) is 5.92 Å². The molecule has 4 nitrogen and oxygen atoms in total. The number of hydrogen-bond acceptors (Lipinski definition) is 3. The second-order valence-electron chi connectivity index (χ2n) is 7.42. The van der Waals surface area contributed by atoms with Gasteiger partial charge in [-0.05, 0) is 24.5 Å². The van der Waals surface area contributed by atoms with Crippen LogP contribution in [0.1, 0.15) is 44.9 Å². The second kappa shape index (κ2) is 7.42. The van der Waals surface area contributed by atoms with Crippen LogP contribution in [-0.4, -0.2) is 35.0 Å². The van der Waals surface area contributed by atoms with Crippen molar-refractivity contribution >= 4 is 16.8 Å². The Hall–Kier alpha value is -2.10. The van der Waals surface area contributed by atoms with E-state index < -0.39 is 0 Å². The molecule has 0 radical (unpaired) electrons. The number of fused-ring (bicyclic) bond motifs is 1. The average Bonchev–Trinajstić information content (AvgIpc) is 2.63. The van der Waals surface area contributed by atoms with Crippen molar-refractivity contribution in [1.82, 2.24) is 9.88 Å². The fourth-order valence-corrected chi connectivity index (χ4v) is 3.96. The van der Waals surface area contributed by atoms with Gasteiger partial charge in [0.15, 0.2) is 0 Å². The van der Waals surface area contributed by atoms with Gasteiger partial charge in [0.2, 0.25) is 11.8 Å². The summed E-state index contributed by atoms with van der Waals surface area (Å²) in [6, 6.07) is 12.0. The molecule has 0 atom stereocenters. The second-order valence-corrected chi connectivity index (χ2v) is 7.42. The average molecular weight is 338 g/mol. The van der Waals surface area contributed by atoms with E-state index in [0.717, 1.165) is 23.2 Å². The third kappa shape index (κ3) is 3.94. The lowest BCUT2D eigenvalue weighted by Crippen LogP contribution is -2.56. The van der Waals surface area contributed by atoms with Gasteiger partial charge < -0.3 is 9.64 Å². The van der Waals surface area contributed by atoms with Crippen LogP contribution in [0.2, 0.25) is 0 Å². The first-order chi connectivity index (χ1) is 12.3. The van der Waals surface area contributed by atoms with Gasteiger partial charge in [0.05, 0.1) is 18.6 Å². The molecule has 1 amide bonds. The summed E-state index contributed by atoms with van der Waals surface area (Å²) in [5.41, 5.74) is 0.944. The predicted octanol–water partition coefficient (Wildman–Crippen LogP) is 4.18. The fraction of sp³-hybridized carbons (Fsp3) is 0.524. The van der Waals surface area contributed by atoms with Crippen LogP contribution < -0.4 is 4.74 Å². The molecule has 132 valence electrons. The number of carbonyl (C=O) groups excluding carboxylic acids is 1. The molecular weight excluding hydrogens is 312 g/mol. The summed E-state index contributed by atoms with van der Waals surface area (Å²) in [5, 5.41) is 1.11. The maximum Gasteiger partial charge on any atom is 0.222 e. The number of aromatic nitrogens is 1. The molecule has 1 aliphatic heterocycles. The quantitative estimate of drug-likeness (QED) is 0.821. The van der Waals surface area contributed by atoms with Crippen LogP contribution in [0.15, 0.2) is 36.4 Å². The van der Waals surface area contributed by atoms with E-state index >= 15 is 0 Å². The molecule has 25 heavy (non-hydrogen) atoms. The van der Waals surface area contributed by atoms with Crippen molar-refractivity contribution in [1.29, 1.82) is 0 Å². The van der Waals surface area contributed by atoms with Crippen molar-refractivity contribution in [3.63, 3.8) is 0 Å². The molecular formula is C21H26N2O2. The number of nitrogens with zero attached hydrogens (tertiary/aromatic N) is 2. The molecule has 2 fully saturated rings. The Kier molecular flexibility index (Phi) is 4.86. The summed E-state index contributed by atoms with van der Waals surface area (Å²) in [4.78, 5) is 18.8. The number of likely N-dealkylation sites (tertiary alicyclic amines) is 1. The molecule has 1 saturated heterocycles. The molecule has 1 aromatic heterocycles. The summed E-state index contributed by atoms with van der Waals surface area (Å²) >= 11 is 0. The summed E-state index contributed by atoms with van der Waals surface area (Å²) in [5.74, 6) is 1.71. The molecule has 2 aromatic rings. The Balaban J connectivity index is 1.23. The van der Waals surface area contributed by atoms with E-state index in [2.05, 4.69) is 4.98 Å². The van der Waals surface area contributed by atoms with E-state index in [4.69, 9.17) is 4.74 Å². The molecule has 4 heteroatoms. The van der Waals surface area contributed by atoms with Crippen LogP contribution >= 0.6 is 0 Å². The van der Waals surface area contributed by atoms with Gasteiger partial charge in [-0.15, -0.1) is 0 Å². The number of para-hydroxylation sites is 1. The van der Waals surface area contributed by atoms with Crippen LogP contribution in [0.4, 0.5) is 0 Å². The zero-order valence-corrected chi connectivity index (χ0v) is 14.7. The van der Waals surface area contributed by atoms with Crippen molar-refractivity contribution in [2.75, 3.05) is 13.1 Å². The van der Waals surface area contributed by atoms with Crippen LogP contribution in [0.5, 0.6) is 5.88 Å². The van der Waals surface area contributed by atoms with Gasteiger partial charge in [-0.25, -0.2) is 4.98 Å². The fourth-order valence-electron chi connectivity index (χ4n) is 3.96. The lowest BCUT2D eigenvalue weighted by molar-refractivity contribution is -0.140. The van der Waals surface area contributed by atoms with Crippen LogP contribution in [0.3, 0.4) is 0 Å². The van der Waals surface area contributed by atoms with Crippen LogP contribution in [0, 0.1) is 5.92 Å². The van der Waals surface area contributed by atoms with Crippen LogP contribution in [-0.2, 0) is 4.79 Å². The summed E-state index contributed by atoms with van der Waals surface area (Å²) < 4.78 is 5.93. The first kappa shape index (κ1) is 16.4. The zero-order chi connectivity index (χ0) is 17.1. The van der Waals surface area contributed by atoms with E-state index in [1.165, 1.54) is 32.1 Å². The third-order valence-corrected chi connectivity index (χ3v) is 5.55. The lowest BCUT2D eigenvalue weighted by atomic mass is 9.86. The van der Waals surface area contributed by atoms with Gasteiger partial charge in [0.1, 0.15) is 6.10 Å². The van der Waals surface area contributed by atoms with E-state index in [1.807, 2.05) is 41.3 Å². The minimum atomic E-state index is 0.0762. The minimum absolute atomic E-state index is 0.0762. The molecule has 1 aromatic carbocycles. The maximum atomic E-state index is 12.3. The van der Waals surface area contributed by atoms with Crippen LogP contribution in [0.25, 0.3) is 10.9 Å². The zero-order valence-electron chi connectivity index (χ0n) is 14.7. The SMILES string of the molecule is O=C(CCC1CCCCC1)N1CC(Oc2ccc3ccccc3n2)C1. The minimum Gasteiger partial charge on any atom is -0.471 e. The van der Waals surface area contributed by atoms with Gasteiger partial charge in [0.25, 0.3) is 0 Å². The Morgan fingerprint density at radius 2 is 1.88 bits per heavy atom. The smallest absolute Gasteiger partial charge is 0.222 e. The highest BCUT2D eigenvalue weighted by molar-refractivity contribution is 5.79. The van der Waals surface area contributed by atoms with E-state index in [-0.39, 0.29) is 12.0 Å². The molecule has 0 spiro atoms. The Morgan fingerprint density at radius 3 is 2.72 bits per heavy atom. The molecule has 2 heterocycles. The maximum absolute atomic E-state index is 12.3. The van der Waals surface area contributed by atoms with E-state index in [1.54, 1.807) is 0 Å². The number of carbonyl (C=O) groups is 1. The Labute approximate surface area is 149 Å². The highest BCUT2D eigenvalue weighted by Crippen LogP contribution is 2.28. The molecule has 4 rings (SSSR count). The van der Waals surface area contributed by atoms with Gasteiger partial charge in [0, 0.05) is 17.9 Å². The monoisotopic (exact) mass is 338 g/mol. The van der Waals surface area contributed by atoms with Gasteiger partial charge in [-0.3, -0.25) is 4.79 Å². The van der Waals surface area contributed by atoms with Gasteiger partial charge >= 0.3 is 0 Å². The number of hydrogen-bond donors (Lipinski definition) is 0. The van der Waals surface area contributed by atoms with Crippen molar-refractivity contribution in [3.05, 3.63) is 36.4 Å². The molecule has 0 N–H and O–H groups in total. The summed E-state index contributed by atoms with van der Waals surface area (Å²) in [6.45, 7) is 1.38. The third-order valence-electron chi connectivity index (χ3n) is 5.55. The van der Waals surface area contributed by atoms with E-state index in [9.17, 15) is 4.79 Å². The number of benzene rings is 1. The molecule has 1 aliphatic carbocycles. The van der Waals surface area contributed by atoms with Gasteiger partial charge in [-0.2, -0.15) is 0 Å². The summed E-state index contributed by atoms with van der Waals surface area (Å²) in [6.07, 6.45) is 8.53.